The number of rotatable bonds is 3. The Morgan fingerprint density at radius 2 is 2.14 bits per heavy atom. The van der Waals surface area contributed by atoms with E-state index in [1.54, 1.807) is 11.8 Å². The first-order valence-electron chi connectivity index (χ1n) is 4.68. The highest BCUT2D eigenvalue weighted by Gasteiger charge is 2.26. The highest BCUT2D eigenvalue weighted by atomic mass is 32.2. The quantitative estimate of drug-likeness (QED) is 0.712. The average molecular weight is 208 g/mol. The molecule has 0 N–H and O–H groups in total. The van der Waals surface area contributed by atoms with Crippen molar-refractivity contribution in [3.05, 3.63) is 35.9 Å². The zero-order valence-corrected chi connectivity index (χ0v) is 8.63. The zero-order chi connectivity index (χ0) is 9.80. The first kappa shape index (κ1) is 9.59. The van der Waals surface area contributed by atoms with Gasteiger partial charge in [0.05, 0.1) is 6.61 Å². The van der Waals surface area contributed by atoms with Crippen molar-refractivity contribution in [3.8, 4) is 0 Å². The fraction of sp³-hybridized carbons (Fsp3) is 0.364. The summed E-state index contributed by atoms with van der Waals surface area (Å²) >= 11 is 1.67. The van der Waals surface area contributed by atoms with E-state index in [9.17, 15) is 4.79 Å². The van der Waals surface area contributed by atoms with Crippen LogP contribution in [0.2, 0.25) is 0 Å². The molecule has 74 valence electrons. The molecule has 1 saturated heterocycles. The van der Waals surface area contributed by atoms with Gasteiger partial charge in [-0.1, -0.05) is 30.3 Å². The van der Waals surface area contributed by atoms with E-state index in [0.29, 0.717) is 6.61 Å². The molecule has 14 heavy (non-hydrogen) atoms. The molecular formula is C11H12O2S. The van der Waals surface area contributed by atoms with E-state index in [1.807, 2.05) is 18.2 Å². The molecule has 0 unspecified atom stereocenters. The van der Waals surface area contributed by atoms with E-state index < -0.39 is 0 Å². The van der Waals surface area contributed by atoms with E-state index >= 15 is 0 Å². The average Bonchev–Trinajstić information content (AvgIpc) is 2.63. The maximum Gasteiger partial charge on any atom is 0.319 e. The molecule has 1 aliphatic heterocycles. The van der Waals surface area contributed by atoms with Gasteiger partial charge in [-0.2, -0.15) is 0 Å². The molecule has 1 atom stereocenters. The van der Waals surface area contributed by atoms with Crippen molar-refractivity contribution < 1.29 is 9.53 Å². The van der Waals surface area contributed by atoms with Crippen molar-refractivity contribution in [2.75, 3.05) is 6.61 Å². The predicted molar refractivity (Wildman–Crippen MR) is 57.1 cm³/mol. The number of hydrogen-bond donors (Lipinski definition) is 0. The first-order chi connectivity index (χ1) is 6.86. The van der Waals surface area contributed by atoms with Crippen LogP contribution in [0.25, 0.3) is 0 Å². The number of thioether (sulfide) groups is 1. The van der Waals surface area contributed by atoms with E-state index in [-0.39, 0.29) is 11.2 Å². The number of esters is 1. The number of carbonyl (C=O) groups excluding carboxylic acids is 1. The van der Waals surface area contributed by atoms with Gasteiger partial charge in [-0.05, 0) is 5.56 Å². The fourth-order valence-electron chi connectivity index (χ4n) is 1.40. The molecule has 3 heteroatoms. The van der Waals surface area contributed by atoms with Crippen LogP contribution in [0.1, 0.15) is 12.0 Å². The van der Waals surface area contributed by atoms with Crippen LogP contribution >= 0.6 is 11.8 Å². The smallest absolute Gasteiger partial charge is 0.319 e. The Balaban J connectivity index is 1.85. The molecule has 0 bridgehead atoms. The summed E-state index contributed by atoms with van der Waals surface area (Å²) in [4.78, 5) is 11.2. The third-order valence-electron chi connectivity index (χ3n) is 2.18. The molecular weight excluding hydrogens is 196 g/mol. The lowest BCUT2D eigenvalue weighted by Gasteiger charge is -2.04. The van der Waals surface area contributed by atoms with Crippen LogP contribution in [-0.2, 0) is 15.3 Å². The van der Waals surface area contributed by atoms with E-state index in [2.05, 4.69) is 12.1 Å². The van der Waals surface area contributed by atoms with Crippen molar-refractivity contribution >= 4 is 17.7 Å². The van der Waals surface area contributed by atoms with Crippen LogP contribution in [0.5, 0.6) is 0 Å². The first-order valence-corrected chi connectivity index (χ1v) is 5.73. The second kappa shape index (κ2) is 4.51. The van der Waals surface area contributed by atoms with E-state index in [1.165, 1.54) is 5.56 Å². The Morgan fingerprint density at radius 1 is 1.36 bits per heavy atom. The van der Waals surface area contributed by atoms with Crippen LogP contribution in [0.15, 0.2) is 30.3 Å². The Kier molecular flexibility index (Phi) is 3.09. The molecule has 0 amide bonds. The van der Waals surface area contributed by atoms with Gasteiger partial charge in [0.25, 0.3) is 0 Å². The maximum atomic E-state index is 11.2. The Labute approximate surface area is 87.6 Å². The molecule has 0 radical (unpaired) electrons. The van der Waals surface area contributed by atoms with Gasteiger partial charge in [-0.25, -0.2) is 0 Å². The lowest BCUT2D eigenvalue weighted by atomic mass is 10.2. The number of hydrogen-bond acceptors (Lipinski definition) is 3. The molecule has 0 aromatic heterocycles. The van der Waals surface area contributed by atoms with Gasteiger partial charge < -0.3 is 4.74 Å². The molecule has 1 aromatic carbocycles. The minimum Gasteiger partial charge on any atom is -0.465 e. The molecule has 1 heterocycles. The molecule has 1 fully saturated rings. The summed E-state index contributed by atoms with van der Waals surface area (Å²) in [5.41, 5.74) is 1.26. The van der Waals surface area contributed by atoms with Crippen LogP contribution < -0.4 is 0 Å². The third-order valence-corrected chi connectivity index (χ3v) is 3.51. The van der Waals surface area contributed by atoms with Crippen molar-refractivity contribution in [3.63, 3.8) is 0 Å². The van der Waals surface area contributed by atoms with Gasteiger partial charge in [-0.3, -0.25) is 4.79 Å². The second-order valence-electron chi connectivity index (χ2n) is 3.24. The lowest BCUT2D eigenvalue weighted by Crippen LogP contribution is -2.09. The minimum atomic E-state index is -0.0501. The van der Waals surface area contributed by atoms with Crippen LogP contribution in [0.3, 0.4) is 0 Å². The van der Waals surface area contributed by atoms with Crippen molar-refractivity contribution in [2.24, 2.45) is 0 Å². The van der Waals surface area contributed by atoms with Crippen molar-refractivity contribution in [1.29, 1.82) is 0 Å². The summed E-state index contributed by atoms with van der Waals surface area (Å²) in [5.74, 6) is 0.839. The van der Waals surface area contributed by atoms with Gasteiger partial charge in [-0.15, -0.1) is 11.8 Å². The Morgan fingerprint density at radius 3 is 2.79 bits per heavy atom. The largest absolute Gasteiger partial charge is 0.465 e. The van der Waals surface area contributed by atoms with Gasteiger partial charge in [0, 0.05) is 12.2 Å². The number of cyclic esters (lactones) is 1. The maximum absolute atomic E-state index is 11.2. The summed E-state index contributed by atoms with van der Waals surface area (Å²) in [7, 11) is 0. The summed E-state index contributed by atoms with van der Waals surface area (Å²) in [6.45, 7) is 0.589. The highest BCUT2D eigenvalue weighted by molar-refractivity contribution is 7.99. The molecule has 0 aliphatic carbocycles. The van der Waals surface area contributed by atoms with E-state index in [0.717, 1.165) is 12.2 Å². The van der Waals surface area contributed by atoms with Crippen molar-refractivity contribution in [2.45, 2.75) is 17.4 Å². The summed E-state index contributed by atoms with van der Waals surface area (Å²) < 4.78 is 4.89. The van der Waals surface area contributed by atoms with E-state index in [4.69, 9.17) is 4.74 Å². The lowest BCUT2D eigenvalue weighted by molar-refractivity contribution is -0.137. The topological polar surface area (TPSA) is 26.3 Å². The van der Waals surface area contributed by atoms with Gasteiger partial charge in [0.1, 0.15) is 5.25 Å². The standard InChI is InChI=1S/C11H12O2S/c12-11-10(6-7-13-11)14-8-9-4-2-1-3-5-9/h1-5,10H,6-8H2/t10-/m0/s1. The van der Waals surface area contributed by atoms with Gasteiger partial charge in [0.15, 0.2) is 0 Å². The molecule has 2 rings (SSSR count). The SMILES string of the molecule is O=C1OCC[C@@H]1SCc1ccccc1. The Bertz CT molecular complexity index is 310. The van der Waals surface area contributed by atoms with Crippen LogP contribution in [-0.4, -0.2) is 17.8 Å². The number of benzene rings is 1. The fourth-order valence-corrected chi connectivity index (χ4v) is 2.45. The normalized spacial score (nSPS) is 20.9. The van der Waals surface area contributed by atoms with Crippen LogP contribution in [0, 0.1) is 0 Å². The van der Waals surface area contributed by atoms with Gasteiger partial charge in [0.2, 0.25) is 0 Å². The summed E-state index contributed by atoms with van der Waals surface area (Å²) in [6, 6.07) is 10.2. The van der Waals surface area contributed by atoms with Crippen molar-refractivity contribution in [1.82, 2.24) is 0 Å². The molecule has 0 spiro atoms. The molecule has 1 aromatic rings. The minimum absolute atomic E-state index is 0.0501. The number of ether oxygens (including phenoxy) is 1. The highest BCUT2D eigenvalue weighted by Crippen LogP contribution is 2.25. The Hall–Kier alpha value is -0.960. The second-order valence-corrected chi connectivity index (χ2v) is 4.43. The molecule has 1 aliphatic rings. The third kappa shape index (κ3) is 2.29. The number of carbonyl (C=O) groups is 1. The zero-order valence-electron chi connectivity index (χ0n) is 7.81. The molecule has 2 nitrogen and oxygen atoms in total. The monoisotopic (exact) mass is 208 g/mol. The predicted octanol–water partition coefficient (Wildman–Crippen LogP) is 2.24. The summed E-state index contributed by atoms with van der Waals surface area (Å²) in [6.07, 6.45) is 0.857. The van der Waals surface area contributed by atoms with Gasteiger partial charge >= 0.3 is 5.97 Å². The van der Waals surface area contributed by atoms with Crippen LogP contribution in [0.4, 0.5) is 0 Å². The molecule has 0 saturated carbocycles. The summed E-state index contributed by atoms with van der Waals surface area (Å²) in [5, 5.41) is 0.0511.